The van der Waals surface area contributed by atoms with Crippen LogP contribution in [0.3, 0.4) is 0 Å². The highest BCUT2D eigenvalue weighted by molar-refractivity contribution is 7.15. The third kappa shape index (κ3) is 3.06. The predicted octanol–water partition coefficient (Wildman–Crippen LogP) is 4.32. The number of aromatic nitrogens is 2. The molecule has 1 aliphatic rings. The highest BCUT2D eigenvalue weighted by Crippen LogP contribution is 2.27. The Balaban J connectivity index is 1.66. The second kappa shape index (κ2) is 6.26. The Kier molecular flexibility index (Phi) is 4.07. The minimum Gasteiger partial charge on any atom is -0.337 e. The molecular formula is C19H20FN3OS. The zero-order valence-corrected chi connectivity index (χ0v) is 15.1. The van der Waals surface area contributed by atoms with Gasteiger partial charge in [-0.25, -0.2) is 9.37 Å². The van der Waals surface area contributed by atoms with Gasteiger partial charge in [0.25, 0.3) is 5.91 Å². The third-order valence-corrected chi connectivity index (χ3v) is 5.56. The van der Waals surface area contributed by atoms with E-state index in [1.807, 2.05) is 20.9 Å². The van der Waals surface area contributed by atoms with E-state index < -0.39 is 0 Å². The molecule has 3 aromatic rings. The summed E-state index contributed by atoms with van der Waals surface area (Å²) in [6, 6.07) is 6.26. The number of amides is 1. The maximum absolute atomic E-state index is 13.1. The third-order valence-electron chi connectivity index (χ3n) is 4.72. The fourth-order valence-corrected chi connectivity index (χ4v) is 4.54. The van der Waals surface area contributed by atoms with Crippen LogP contribution in [0, 0.1) is 17.7 Å². The first-order valence-corrected chi connectivity index (χ1v) is 9.41. The smallest absolute Gasteiger partial charge is 0.271 e. The van der Waals surface area contributed by atoms with Crippen LogP contribution >= 0.6 is 11.3 Å². The molecule has 1 fully saturated rings. The highest BCUT2D eigenvalue weighted by atomic mass is 32.1. The quantitative estimate of drug-likeness (QED) is 0.685. The van der Waals surface area contributed by atoms with Crippen LogP contribution in [0.1, 0.15) is 30.8 Å². The molecule has 2 aromatic heterocycles. The number of halogens is 1. The van der Waals surface area contributed by atoms with Gasteiger partial charge in [0.2, 0.25) is 0 Å². The van der Waals surface area contributed by atoms with Crippen molar-refractivity contribution in [3.8, 4) is 11.3 Å². The van der Waals surface area contributed by atoms with E-state index in [2.05, 4.69) is 18.8 Å². The number of hydrogen-bond acceptors (Lipinski definition) is 3. The lowest BCUT2D eigenvalue weighted by Gasteiger charge is -2.34. The SMILES string of the molecule is CC1CC(C)CN(C(=O)c2csc3nc(-c4ccc(F)cc4)cn23)C1. The van der Waals surface area contributed by atoms with Gasteiger partial charge in [-0.05, 0) is 42.5 Å². The second-order valence-electron chi connectivity index (χ2n) is 7.06. The van der Waals surface area contributed by atoms with Crippen LogP contribution in [0.15, 0.2) is 35.8 Å². The van der Waals surface area contributed by atoms with Gasteiger partial charge in [-0.1, -0.05) is 13.8 Å². The van der Waals surface area contributed by atoms with E-state index in [1.165, 1.54) is 29.9 Å². The molecular weight excluding hydrogens is 337 g/mol. The summed E-state index contributed by atoms with van der Waals surface area (Å²) in [5.41, 5.74) is 2.25. The first-order chi connectivity index (χ1) is 12.0. The zero-order valence-electron chi connectivity index (χ0n) is 14.3. The van der Waals surface area contributed by atoms with E-state index >= 15 is 0 Å². The fourth-order valence-electron chi connectivity index (χ4n) is 3.69. The summed E-state index contributed by atoms with van der Waals surface area (Å²) in [6.07, 6.45) is 3.03. The van der Waals surface area contributed by atoms with Crippen LogP contribution in [0.2, 0.25) is 0 Å². The van der Waals surface area contributed by atoms with E-state index in [4.69, 9.17) is 0 Å². The van der Waals surface area contributed by atoms with Crippen molar-refractivity contribution in [3.05, 3.63) is 47.4 Å². The standard InChI is InChI=1S/C19H20FN3OS/c1-12-7-13(2)9-22(8-12)18(24)17-11-25-19-21-16(10-23(17)19)14-3-5-15(20)6-4-14/h3-6,10-13H,7-9H2,1-2H3. The van der Waals surface area contributed by atoms with E-state index in [0.717, 1.165) is 29.3 Å². The van der Waals surface area contributed by atoms with Gasteiger partial charge in [0.1, 0.15) is 11.5 Å². The summed E-state index contributed by atoms with van der Waals surface area (Å²) in [5, 5.41) is 1.88. The first-order valence-electron chi connectivity index (χ1n) is 8.53. The molecule has 1 amide bonds. The van der Waals surface area contributed by atoms with Gasteiger partial charge in [0, 0.05) is 30.2 Å². The van der Waals surface area contributed by atoms with Crippen LogP contribution in [-0.4, -0.2) is 33.3 Å². The van der Waals surface area contributed by atoms with Crippen LogP contribution < -0.4 is 0 Å². The normalized spacial score (nSPS) is 21.0. The molecule has 130 valence electrons. The molecule has 0 N–H and O–H groups in total. The molecule has 1 aliphatic heterocycles. The Bertz CT molecular complexity index is 905. The van der Waals surface area contributed by atoms with E-state index in [-0.39, 0.29) is 11.7 Å². The number of likely N-dealkylation sites (tertiary alicyclic amines) is 1. The van der Waals surface area contributed by atoms with Crippen molar-refractivity contribution in [1.29, 1.82) is 0 Å². The van der Waals surface area contributed by atoms with Gasteiger partial charge in [0.15, 0.2) is 4.96 Å². The number of fused-ring (bicyclic) bond motifs is 1. The molecule has 6 heteroatoms. The van der Waals surface area contributed by atoms with Gasteiger partial charge < -0.3 is 4.90 Å². The molecule has 1 aromatic carbocycles. The number of carbonyl (C=O) groups is 1. The number of nitrogens with zero attached hydrogens (tertiary/aromatic N) is 3. The number of thiazole rings is 1. The maximum atomic E-state index is 13.1. The molecule has 0 saturated carbocycles. The van der Waals surface area contributed by atoms with E-state index in [1.54, 1.807) is 12.1 Å². The van der Waals surface area contributed by atoms with Crippen molar-refractivity contribution in [2.24, 2.45) is 11.8 Å². The summed E-state index contributed by atoms with van der Waals surface area (Å²) in [4.78, 5) is 20.3. The van der Waals surface area contributed by atoms with Crippen molar-refractivity contribution in [2.75, 3.05) is 13.1 Å². The van der Waals surface area contributed by atoms with Crippen molar-refractivity contribution < 1.29 is 9.18 Å². The largest absolute Gasteiger partial charge is 0.337 e. The van der Waals surface area contributed by atoms with Gasteiger partial charge in [-0.2, -0.15) is 0 Å². The van der Waals surface area contributed by atoms with Gasteiger partial charge in [-0.15, -0.1) is 11.3 Å². The van der Waals surface area contributed by atoms with Crippen molar-refractivity contribution in [2.45, 2.75) is 20.3 Å². The number of rotatable bonds is 2. The Morgan fingerprint density at radius 3 is 2.56 bits per heavy atom. The van der Waals surface area contributed by atoms with Crippen LogP contribution in [-0.2, 0) is 0 Å². The Morgan fingerprint density at radius 2 is 1.88 bits per heavy atom. The number of imidazole rings is 1. The number of piperidine rings is 1. The molecule has 2 unspecified atom stereocenters. The molecule has 0 radical (unpaired) electrons. The maximum Gasteiger partial charge on any atom is 0.271 e. The summed E-state index contributed by atoms with van der Waals surface area (Å²) >= 11 is 1.46. The first kappa shape index (κ1) is 16.3. The van der Waals surface area contributed by atoms with Gasteiger partial charge in [-0.3, -0.25) is 9.20 Å². The predicted molar refractivity (Wildman–Crippen MR) is 97.3 cm³/mol. The lowest BCUT2D eigenvalue weighted by molar-refractivity contribution is 0.0616. The monoisotopic (exact) mass is 357 g/mol. The molecule has 0 bridgehead atoms. The summed E-state index contributed by atoms with van der Waals surface area (Å²) in [5.74, 6) is 0.848. The molecule has 0 spiro atoms. The number of carbonyl (C=O) groups excluding carboxylic acids is 1. The minimum atomic E-state index is -0.269. The zero-order chi connectivity index (χ0) is 17.6. The molecule has 2 atom stereocenters. The molecule has 25 heavy (non-hydrogen) atoms. The number of hydrogen-bond donors (Lipinski definition) is 0. The fraction of sp³-hybridized carbons (Fsp3) is 0.368. The van der Waals surface area contributed by atoms with Crippen molar-refractivity contribution >= 4 is 22.2 Å². The van der Waals surface area contributed by atoms with Gasteiger partial charge in [0.05, 0.1) is 5.69 Å². The molecule has 4 rings (SSSR count). The molecule has 0 aliphatic carbocycles. The lowest BCUT2D eigenvalue weighted by Crippen LogP contribution is -2.42. The summed E-state index contributed by atoms with van der Waals surface area (Å²) in [7, 11) is 0. The lowest BCUT2D eigenvalue weighted by atomic mass is 9.92. The Morgan fingerprint density at radius 1 is 1.20 bits per heavy atom. The van der Waals surface area contributed by atoms with Crippen LogP contribution in [0.4, 0.5) is 4.39 Å². The molecule has 3 heterocycles. The average Bonchev–Trinajstić information content (AvgIpc) is 3.14. The number of benzene rings is 1. The van der Waals surface area contributed by atoms with Crippen LogP contribution in [0.25, 0.3) is 16.2 Å². The van der Waals surface area contributed by atoms with Crippen molar-refractivity contribution in [3.63, 3.8) is 0 Å². The van der Waals surface area contributed by atoms with Crippen molar-refractivity contribution in [1.82, 2.24) is 14.3 Å². The highest BCUT2D eigenvalue weighted by Gasteiger charge is 2.28. The van der Waals surface area contributed by atoms with Gasteiger partial charge >= 0.3 is 0 Å². The molecule has 4 nitrogen and oxygen atoms in total. The van der Waals surface area contributed by atoms with Crippen LogP contribution in [0.5, 0.6) is 0 Å². The topological polar surface area (TPSA) is 37.6 Å². The second-order valence-corrected chi connectivity index (χ2v) is 7.90. The summed E-state index contributed by atoms with van der Waals surface area (Å²) in [6.45, 7) is 6.01. The average molecular weight is 357 g/mol. The van der Waals surface area contributed by atoms with E-state index in [0.29, 0.717) is 17.5 Å². The summed E-state index contributed by atoms with van der Waals surface area (Å²) < 4.78 is 15.0. The van der Waals surface area contributed by atoms with E-state index in [9.17, 15) is 9.18 Å². The molecule has 1 saturated heterocycles. The minimum absolute atomic E-state index is 0.0627. The Hall–Kier alpha value is -2.21. The Labute approximate surface area is 149 Å².